The van der Waals surface area contributed by atoms with Crippen LogP contribution in [-0.4, -0.2) is 48.1 Å². The Labute approximate surface area is 125 Å². The third-order valence-electron chi connectivity index (χ3n) is 4.35. The summed E-state index contributed by atoms with van der Waals surface area (Å²) in [7, 11) is 0. The predicted molar refractivity (Wildman–Crippen MR) is 80.1 cm³/mol. The lowest BCUT2D eigenvalue weighted by Crippen LogP contribution is -2.39. The van der Waals surface area contributed by atoms with E-state index in [0.29, 0.717) is 12.5 Å². The highest BCUT2D eigenvalue weighted by molar-refractivity contribution is 5.78. The van der Waals surface area contributed by atoms with Crippen molar-refractivity contribution in [1.29, 1.82) is 0 Å². The van der Waals surface area contributed by atoms with Crippen LogP contribution < -0.4 is 10.1 Å². The summed E-state index contributed by atoms with van der Waals surface area (Å²) in [6.45, 7) is 3.06. The number of amides is 1. The van der Waals surface area contributed by atoms with Crippen LogP contribution in [0.2, 0.25) is 0 Å². The van der Waals surface area contributed by atoms with Crippen molar-refractivity contribution in [3.8, 4) is 5.75 Å². The van der Waals surface area contributed by atoms with Gasteiger partial charge in [-0.2, -0.15) is 0 Å². The van der Waals surface area contributed by atoms with E-state index < -0.39 is 0 Å². The zero-order chi connectivity index (χ0) is 14.5. The van der Waals surface area contributed by atoms with Gasteiger partial charge in [-0.15, -0.1) is 0 Å². The first-order chi connectivity index (χ1) is 10.3. The molecule has 1 aliphatic heterocycles. The molecule has 1 atom stereocenters. The monoisotopic (exact) mass is 289 g/mol. The minimum absolute atomic E-state index is 0.143. The van der Waals surface area contributed by atoms with Gasteiger partial charge in [0, 0.05) is 25.8 Å². The minimum atomic E-state index is 0.143. The van der Waals surface area contributed by atoms with Gasteiger partial charge in [-0.05, 0) is 37.3 Å². The van der Waals surface area contributed by atoms with Crippen LogP contribution in [0.3, 0.4) is 0 Å². The fraction of sp³-hybridized carbons (Fsp3) is 0.625. The predicted octanol–water partition coefficient (Wildman–Crippen LogP) is 1.45. The summed E-state index contributed by atoms with van der Waals surface area (Å²) in [5, 5.41) is 3.04. The Bertz CT molecular complexity index is 462. The van der Waals surface area contributed by atoms with Crippen molar-refractivity contribution in [3.05, 3.63) is 24.5 Å². The second kappa shape index (κ2) is 6.89. The molecule has 1 aromatic rings. The molecule has 0 aromatic carbocycles. The third-order valence-corrected chi connectivity index (χ3v) is 4.35. The molecule has 1 N–H and O–H groups in total. The summed E-state index contributed by atoms with van der Waals surface area (Å²) in [6, 6.07) is 3.79. The molecule has 3 rings (SSSR count). The second-order valence-corrected chi connectivity index (χ2v) is 6.05. The lowest BCUT2D eigenvalue weighted by atomic mass is 9.85. The van der Waals surface area contributed by atoms with Gasteiger partial charge >= 0.3 is 0 Å². The normalized spacial score (nSPS) is 22.8. The van der Waals surface area contributed by atoms with Crippen LogP contribution in [-0.2, 0) is 4.79 Å². The highest BCUT2D eigenvalue weighted by Gasteiger charge is 2.26. The fourth-order valence-electron chi connectivity index (χ4n) is 2.86. The average Bonchev–Trinajstić information content (AvgIpc) is 2.85. The number of pyridine rings is 1. The van der Waals surface area contributed by atoms with Crippen molar-refractivity contribution in [3.63, 3.8) is 0 Å². The highest BCUT2D eigenvalue weighted by atomic mass is 16.5. The van der Waals surface area contributed by atoms with Gasteiger partial charge in [0.25, 0.3) is 0 Å². The zero-order valence-electron chi connectivity index (χ0n) is 12.3. The summed E-state index contributed by atoms with van der Waals surface area (Å²) in [4.78, 5) is 18.1. The number of rotatable bonds is 6. The number of hydrogen-bond donors (Lipinski definition) is 1. The van der Waals surface area contributed by atoms with Crippen LogP contribution in [0.4, 0.5) is 0 Å². The second-order valence-electron chi connectivity index (χ2n) is 6.05. The van der Waals surface area contributed by atoms with E-state index in [4.69, 9.17) is 4.74 Å². The van der Waals surface area contributed by atoms with Crippen molar-refractivity contribution in [2.45, 2.75) is 31.8 Å². The number of hydrogen-bond acceptors (Lipinski definition) is 4. The van der Waals surface area contributed by atoms with Gasteiger partial charge in [0.05, 0.1) is 12.7 Å². The van der Waals surface area contributed by atoms with Gasteiger partial charge in [-0.1, -0.05) is 6.42 Å². The Kier molecular flexibility index (Phi) is 4.70. The van der Waals surface area contributed by atoms with Crippen molar-refractivity contribution in [2.75, 3.05) is 26.2 Å². The molecule has 1 amide bonds. The largest absolute Gasteiger partial charge is 0.487 e. The van der Waals surface area contributed by atoms with Gasteiger partial charge in [-0.3, -0.25) is 14.7 Å². The molecule has 114 valence electrons. The van der Waals surface area contributed by atoms with Gasteiger partial charge in [-0.25, -0.2) is 0 Å². The van der Waals surface area contributed by atoms with Gasteiger partial charge in [0.2, 0.25) is 5.91 Å². The molecule has 1 aliphatic carbocycles. The molecule has 0 radical (unpaired) electrons. The Morgan fingerprint density at radius 2 is 2.33 bits per heavy atom. The fourth-order valence-corrected chi connectivity index (χ4v) is 2.86. The molecule has 0 spiro atoms. The molecule has 5 nitrogen and oxygen atoms in total. The standard InChI is InChI=1S/C16H23N3O2/c20-16(18-9-13-3-1-4-13)12-19-8-6-15(11-19)21-14-5-2-7-17-10-14/h2,5,7,10,13,15H,1,3-4,6,8-9,11-12H2,(H,18,20). The van der Waals surface area contributed by atoms with E-state index in [2.05, 4.69) is 15.2 Å². The Morgan fingerprint density at radius 3 is 3.05 bits per heavy atom. The van der Waals surface area contributed by atoms with Crippen molar-refractivity contribution >= 4 is 5.91 Å². The molecular weight excluding hydrogens is 266 g/mol. The molecule has 1 aromatic heterocycles. The van der Waals surface area contributed by atoms with Crippen LogP contribution in [0.25, 0.3) is 0 Å². The van der Waals surface area contributed by atoms with Gasteiger partial charge in [0.1, 0.15) is 11.9 Å². The molecule has 0 bridgehead atoms. The number of aromatic nitrogens is 1. The van der Waals surface area contributed by atoms with E-state index in [0.717, 1.165) is 31.8 Å². The number of nitrogens with zero attached hydrogens (tertiary/aromatic N) is 2. The zero-order valence-corrected chi connectivity index (χ0v) is 12.3. The number of likely N-dealkylation sites (tertiary alicyclic amines) is 1. The number of carbonyl (C=O) groups is 1. The van der Waals surface area contributed by atoms with Crippen LogP contribution in [0.5, 0.6) is 5.75 Å². The summed E-state index contributed by atoms with van der Waals surface area (Å²) < 4.78 is 5.88. The van der Waals surface area contributed by atoms with E-state index in [1.807, 2.05) is 12.1 Å². The third kappa shape index (κ3) is 4.17. The number of nitrogens with one attached hydrogen (secondary N) is 1. The highest BCUT2D eigenvalue weighted by Crippen LogP contribution is 2.25. The smallest absolute Gasteiger partial charge is 0.234 e. The maximum absolute atomic E-state index is 11.9. The average molecular weight is 289 g/mol. The SMILES string of the molecule is O=C(CN1CCC(Oc2cccnc2)C1)NCC1CCC1. The molecule has 1 unspecified atom stereocenters. The summed E-state index contributed by atoms with van der Waals surface area (Å²) in [6.07, 6.45) is 8.45. The lowest BCUT2D eigenvalue weighted by molar-refractivity contribution is -0.122. The summed E-state index contributed by atoms with van der Waals surface area (Å²) >= 11 is 0. The van der Waals surface area contributed by atoms with Crippen molar-refractivity contribution in [1.82, 2.24) is 15.2 Å². The first kappa shape index (κ1) is 14.3. The van der Waals surface area contributed by atoms with E-state index in [1.54, 1.807) is 12.4 Å². The lowest BCUT2D eigenvalue weighted by Gasteiger charge is -2.25. The van der Waals surface area contributed by atoms with Crippen LogP contribution in [0.15, 0.2) is 24.5 Å². The molecule has 2 aliphatic rings. The topological polar surface area (TPSA) is 54.5 Å². The van der Waals surface area contributed by atoms with Crippen LogP contribution in [0, 0.1) is 5.92 Å². The summed E-state index contributed by atoms with van der Waals surface area (Å²) in [5.41, 5.74) is 0. The molecular formula is C16H23N3O2. The first-order valence-corrected chi connectivity index (χ1v) is 7.85. The summed E-state index contributed by atoms with van der Waals surface area (Å²) in [5.74, 6) is 1.66. The number of ether oxygens (including phenoxy) is 1. The molecule has 21 heavy (non-hydrogen) atoms. The van der Waals surface area contributed by atoms with Crippen molar-refractivity contribution in [2.24, 2.45) is 5.92 Å². The molecule has 5 heteroatoms. The maximum Gasteiger partial charge on any atom is 0.234 e. The van der Waals surface area contributed by atoms with E-state index in [1.165, 1.54) is 19.3 Å². The molecule has 2 fully saturated rings. The maximum atomic E-state index is 11.9. The Balaban J connectivity index is 1.36. The van der Waals surface area contributed by atoms with E-state index in [-0.39, 0.29) is 12.0 Å². The minimum Gasteiger partial charge on any atom is -0.487 e. The molecule has 1 saturated heterocycles. The Hall–Kier alpha value is -1.62. The Morgan fingerprint density at radius 1 is 1.43 bits per heavy atom. The quantitative estimate of drug-likeness (QED) is 0.861. The first-order valence-electron chi connectivity index (χ1n) is 7.85. The van der Waals surface area contributed by atoms with Crippen molar-refractivity contribution < 1.29 is 9.53 Å². The molecule has 2 heterocycles. The number of carbonyl (C=O) groups excluding carboxylic acids is 1. The van der Waals surface area contributed by atoms with Crippen LogP contribution in [0.1, 0.15) is 25.7 Å². The van der Waals surface area contributed by atoms with Crippen LogP contribution >= 0.6 is 0 Å². The van der Waals surface area contributed by atoms with Gasteiger partial charge < -0.3 is 10.1 Å². The van der Waals surface area contributed by atoms with E-state index in [9.17, 15) is 4.79 Å². The molecule has 1 saturated carbocycles. The van der Waals surface area contributed by atoms with E-state index >= 15 is 0 Å². The van der Waals surface area contributed by atoms with Gasteiger partial charge in [0.15, 0.2) is 0 Å².